The van der Waals surface area contributed by atoms with Crippen molar-refractivity contribution in [1.82, 2.24) is 25.1 Å². The fourth-order valence-corrected chi connectivity index (χ4v) is 4.72. The normalized spacial score (nSPS) is 16.7. The van der Waals surface area contributed by atoms with Gasteiger partial charge >= 0.3 is 0 Å². The minimum absolute atomic E-state index is 0.000562. The number of ether oxygens (including phenoxy) is 1. The van der Waals surface area contributed by atoms with E-state index in [0.29, 0.717) is 36.2 Å². The summed E-state index contributed by atoms with van der Waals surface area (Å²) in [4.78, 5) is 24.0. The molecule has 1 N–H and O–H groups in total. The molecule has 0 bridgehead atoms. The van der Waals surface area contributed by atoms with Crippen molar-refractivity contribution in [2.24, 2.45) is 0 Å². The number of hydrogen-bond donors (Lipinski definition) is 1. The highest BCUT2D eigenvalue weighted by atomic mass is 32.1. The van der Waals surface area contributed by atoms with Crippen LogP contribution in [0.1, 0.15) is 27.2 Å². The molecule has 30 heavy (non-hydrogen) atoms. The lowest BCUT2D eigenvalue weighted by Gasteiger charge is -2.32. The van der Waals surface area contributed by atoms with Crippen LogP contribution in [0, 0.1) is 6.92 Å². The Labute approximate surface area is 180 Å². The van der Waals surface area contributed by atoms with Crippen LogP contribution in [0.15, 0.2) is 41.9 Å². The lowest BCUT2D eigenvalue weighted by molar-refractivity contribution is -0.0246. The Morgan fingerprint density at radius 1 is 1.27 bits per heavy atom. The molecule has 1 fully saturated rings. The fraction of sp³-hybridized carbons (Fsp3) is 0.250. The number of carbonyl (C=O) groups is 1. The molecule has 1 amide bonds. The van der Waals surface area contributed by atoms with Crippen molar-refractivity contribution < 1.29 is 9.53 Å². The van der Waals surface area contributed by atoms with Crippen LogP contribution in [-0.2, 0) is 4.74 Å². The van der Waals surface area contributed by atoms with Crippen LogP contribution in [0.25, 0.3) is 10.2 Å². The largest absolute Gasteiger partial charge is 0.368 e. The maximum absolute atomic E-state index is 13.1. The van der Waals surface area contributed by atoms with Crippen molar-refractivity contribution in [1.29, 1.82) is 0 Å². The van der Waals surface area contributed by atoms with E-state index in [1.165, 1.54) is 11.3 Å². The van der Waals surface area contributed by atoms with E-state index in [2.05, 4.69) is 25.5 Å². The van der Waals surface area contributed by atoms with Crippen LogP contribution < -0.4 is 5.32 Å². The zero-order valence-electron chi connectivity index (χ0n) is 16.1. The van der Waals surface area contributed by atoms with Gasteiger partial charge in [0.2, 0.25) is 5.13 Å². The topological polar surface area (TPSA) is 93.1 Å². The number of fused-ring (bicyclic) bond motifs is 1. The second-order valence-electron chi connectivity index (χ2n) is 6.84. The molecule has 0 radical (unpaired) electrons. The molecule has 1 saturated heterocycles. The number of thiazole rings is 1. The Hall–Kier alpha value is -2.95. The molecule has 1 aromatic carbocycles. The molecule has 8 nitrogen and oxygen atoms in total. The van der Waals surface area contributed by atoms with E-state index in [1.54, 1.807) is 16.8 Å². The van der Waals surface area contributed by atoms with Gasteiger partial charge in [-0.1, -0.05) is 17.4 Å². The molecule has 10 heteroatoms. The van der Waals surface area contributed by atoms with Crippen molar-refractivity contribution >= 4 is 49.7 Å². The molecule has 152 valence electrons. The summed E-state index contributed by atoms with van der Waals surface area (Å²) in [6.07, 6.45) is -0.284. The third kappa shape index (κ3) is 3.89. The van der Waals surface area contributed by atoms with E-state index in [1.807, 2.05) is 48.2 Å². The number of aromatic nitrogens is 4. The zero-order chi connectivity index (χ0) is 20.5. The monoisotopic (exact) mass is 438 g/mol. The number of nitrogens with zero attached hydrogens (tertiary/aromatic N) is 5. The van der Waals surface area contributed by atoms with Gasteiger partial charge < -0.3 is 15.0 Å². The van der Waals surface area contributed by atoms with Gasteiger partial charge in [-0.15, -0.1) is 21.5 Å². The summed E-state index contributed by atoms with van der Waals surface area (Å²) in [6.45, 7) is 3.44. The summed E-state index contributed by atoms with van der Waals surface area (Å²) in [5, 5.41) is 12.6. The summed E-state index contributed by atoms with van der Waals surface area (Å²) in [7, 11) is 0. The molecule has 0 spiro atoms. The minimum Gasteiger partial charge on any atom is -0.368 e. The zero-order valence-corrected chi connectivity index (χ0v) is 17.7. The highest BCUT2D eigenvalue weighted by Gasteiger charge is 2.27. The number of nitrogens with one attached hydrogen (secondary N) is 1. The standard InChI is InChI=1S/C20H18N6O2S2/c1-12-22-15-6-5-13(9-17(15)30-12)19(27)26-7-8-28-16(10-26)14-3-2-4-18(23-14)24-20-25-21-11-29-20/h2-6,9,11,16H,7-8,10H2,1H3,(H,23,24,25)/t16-/m0/s1. The Morgan fingerprint density at radius 2 is 2.20 bits per heavy atom. The SMILES string of the molecule is Cc1nc2ccc(C(=O)N3CCO[C@H](c4cccc(Nc5nncs5)n4)C3)cc2s1. The summed E-state index contributed by atoms with van der Waals surface area (Å²) in [6, 6.07) is 11.4. The number of carbonyl (C=O) groups excluding carboxylic acids is 1. The maximum atomic E-state index is 13.1. The quantitative estimate of drug-likeness (QED) is 0.518. The van der Waals surface area contributed by atoms with E-state index in [-0.39, 0.29) is 12.0 Å². The van der Waals surface area contributed by atoms with Crippen LogP contribution in [0.4, 0.5) is 10.9 Å². The molecule has 0 saturated carbocycles. The Balaban J connectivity index is 1.33. The molecule has 5 rings (SSSR count). The Bertz CT molecular complexity index is 1190. The van der Waals surface area contributed by atoms with Gasteiger partial charge in [0.1, 0.15) is 17.4 Å². The molecular formula is C20H18N6O2S2. The molecule has 0 aliphatic carbocycles. The summed E-state index contributed by atoms with van der Waals surface area (Å²) >= 11 is 3.00. The van der Waals surface area contributed by atoms with E-state index >= 15 is 0 Å². The summed E-state index contributed by atoms with van der Waals surface area (Å²) < 4.78 is 6.95. The van der Waals surface area contributed by atoms with Crippen molar-refractivity contribution in [2.75, 3.05) is 25.0 Å². The predicted octanol–water partition coefficient (Wildman–Crippen LogP) is 3.81. The van der Waals surface area contributed by atoms with Crippen LogP contribution in [0.2, 0.25) is 0 Å². The first-order valence-electron chi connectivity index (χ1n) is 9.44. The van der Waals surface area contributed by atoms with E-state index in [9.17, 15) is 4.79 Å². The van der Waals surface area contributed by atoms with Crippen LogP contribution in [0.5, 0.6) is 0 Å². The molecule has 1 aliphatic rings. The number of aryl methyl sites for hydroxylation is 1. The molecule has 4 aromatic rings. The highest BCUT2D eigenvalue weighted by Crippen LogP contribution is 2.26. The highest BCUT2D eigenvalue weighted by molar-refractivity contribution is 7.18. The Kier molecular flexibility index (Phi) is 5.11. The van der Waals surface area contributed by atoms with Gasteiger partial charge in [0, 0.05) is 12.1 Å². The van der Waals surface area contributed by atoms with E-state index in [0.717, 1.165) is 20.9 Å². The second-order valence-corrected chi connectivity index (χ2v) is 8.91. The van der Waals surface area contributed by atoms with Gasteiger partial charge in [-0.25, -0.2) is 9.97 Å². The number of morpholine rings is 1. The molecular weight excluding hydrogens is 420 g/mol. The predicted molar refractivity (Wildman–Crippen MR) is 116 cm³/mol. The fourth-order valence-electron chi connectivity index (χ4n) is 3.41. The van der Waals surface area contributed by atoms with Crippen LogP contribution in [0.3, 0.4) is 0 Å². The lowest BCUT2D eigenvalue weighted by atomic mass is 10.1. The first kappa shape index (κ1) is 19.0. The number of benzene rings is 1. The van der Waals surface area contributed by atoms with Crippen molar-refractivity contribution in [3.63, 3.8) is 0 Å². The number of rotatable bonds is 4. The second kappa shape index (κ2) is 8.05. The van der Waals surface area contributed by atoms with Crippen LogP contribution >= 0.6 is 22.7 Å². The smallest absolute Gasteiger partial charge is 0.254 e. The minimum atomic E-state index is -0.284. The first-order valence-corrected chi connectivity index (χ1v) is 11.1. The number of anilines is 2. The number of pyridine rings is 1. The van der Waals surface area contributed by atoms with Crippen molar-refractivity contribution in [3.8, 4) is 0 Å². The molecule has 1 aliphatic heterocycles. The van der Waals surface area contributed by atoms with Gasteiger partial charge in [0.25, 0.3) is 5.91 Å². The van der Waals surface area contributed by atoms with Gasteiger partial charge in [0.05, 0.1) is 34.1 Å². The van der Waals surface area contributed by atoms with Crippen LogP contribution in [-0.4, -0.2) is 50.7 Å². The van der Waals surface area contributed by atoms with Gasteiger partial charge in [0.15, 0.2) is 0 Å². The van der Waals surface area contributed by atoms with Crippen molar-refractivity contribution in [2.45, 2.75) is 13.0 Å². The third-order valence-electron chi connectivity index (χ3n) is 4.79. The summed E-state index contributed by atoms with van der Waals surface area (Å²) in [5.41, 5.74) is 4.03. The summed E-state index contributed by atoms with van der Waals surface area (Å²) in [5.74, 6) is 0.668. The third-order valence-corrected chi connectivity index (χ3v) is 6.33. The van der Waals surface area contributed by atoms with Crippen molar-refractivity contribution in [3.05, 3.63) is 58.2 Å². The average molecular weight is 439 g/mol. The van der Waals surface area contributed by atoms with E-state index in [4.69, 9.17) is 4.74 Å². The molecule has 0 unspecified atom stereocenters. The number of amides is 1. The number of hydrogen-bond acceptors (Lipinski definition) is 9. The maximum Gasteiger partial charge on any atom is 0.254 e. The van der Waals surface area contributed by atoms with Gasteiger partial charge in [-0.3, -0.25) is 4.79 Å². The molecule has 4 heterocycles. The average Bonchev–Trinajstić information content (AvgIpc) is 3.41. The lowest BCUT2D eigenvalue weighted by Crippen LogP contribution is -2.42. The first-order chi connectivity index (χ1) is 14.7. The molecule has 1 atom stereocenters. The van der Waals surface area contributed by atoms with E-state index < -0.39 is 0 Å². The van der Waals surface area contributed by atoms with Gasteiger partial charge in [-0.05, 0) is 37.3 Å². The Morgan fingerprint density at radius 3 is 3.07 bits per heavy atom. The molecule has 3 aromatic heterocycles. The van der Waals surface area contributed by atoms with Gasteiger partial charge in [-0.2, -0.15) is 0 Å².